The van der Waals surface area contributed by atoms with Gasteiger partial charge in [0.05, 0.1) is 13.2 Å². The highest BCUT2D eigenvalue weighted by atomic mass is 16.7. The van der Waals surface area contributed by atoms with Crippen LogP contribution in [0.25, 0.3) is 0 Å². The van der Waals surface area contributed by atoms with Crippen LogP contribution in [0.4, 0.5) is 0 Å². The summed E-state index contributed by atoms with van der Waals surface area (Å²) >= 11 is 0. The van der Waals surface area contributed by atoms with E-state index >= 15 is 0 Å². The lowest BCUT2D eigenvalue weighted by atomic mass is 9.95. The molecule has 2 heterocycles. The van der Waals surface area contributed by atoms with E-state index < -0.39 is 36.9 Å². The van der Waals surface area contributed by atoms with Crippen molar-refractivity contribution in [2.45, 2.75) is 50.5 Å². The smallest absolute Gasteiger partial charge is 0.217 e. The number of ether oxygens (including phenoxy) is 4. The van der Waals surface area contributed by atoms with Gasteiger partial charge in [0.1, 0.15) is 24.4 Å². The summed E-state index contributed by atoms with van der Waals surface area (Å²) in [6, 6.07) is 18.4. The van der Waals surface area contributed by atoms with Crippen molar-refractivity contribution in [1.82, 2.24) is 5.32 Å². The minimum absolute atomic E-state index is 0.249. The lowest BCUT2D eigenvalue weighted by molar-refractivity contribution is -0.345. The van der Waals surface area contributed by atoms with E-state index in [0.717, 1.165) is 11.1 Å². The number of hydrogen-bond donors (Lipinski definition) is 2. The van der Waals surface area contributed by atoms with Crippen molar-refractivity contribution in [3.63, 3.8) is 0 Å². The monoisotopic (exact) mass is 399 g/mol. The number of hydrogen-bond acceptors (Lipinski definition) is 6. The highest BCUT2D eigenvalue weighted by molar-refractivity contribution is 5.73. The van der Waals surface area contributed by atoms with E-state index in [1.165, 1.54) is 6.92 Å². The van der Waals surface area contributed by atoms with Gasteiger partial charge in [0.25, 0.3) is 0 Å². The minimum Gasteiger partial charge on any atom is -0.388 e. The van der Waals surface area contributed by atoms with Crippen LogP contribution in [0, 0.1) is 0 Å². The molecule has 0 aromatic heterocycles. The summed E-state index contributed by atoms with van der Waals surface area (Å²) in [5.74, 6) is -0.281. The first-order chi connectivity index (χ1) is 14.1. The Morgan fingerprint density at radius 2 is 1.79 bits per heavy atom. The van der Waals surface area contributed by atoms with Crippen LogP contribution in [0.15, 0.2) is 60.7 Å². The van der Waals surface area contributed by atoms with Crippen LogP contribution in [0.3, 0.4) is 0 Å². The Labute approximate surface area is 169 Å². The predicted molar refractivity (Wildman–Crippen MR) is 104 cm³/mol. The molecule has 1 unspecified atom stereocenters. The molecule has 29 heavy (non-hydrogen) atoms. The zero-order chi connectivity index (χ0) is 20.2. The molecule has 1 amide bonds. The van der Waals surface area contributed by atoms with Crippen LogP contribution in [-0.2, 0) is 30.3 Å². The van der Waals surface area contributed by atoms with Crippen molar-refractivity contribution in [1.29, 1.82) is 0 Å². The zero-order valence-electron chi connectivity index (χ0n) is 16.1. The average Bonchev–Trinajstić information content (AvgIpc) is 2.75. The summed E-state index contributed by atoms with van der Waals surface area (Å²) in [7, 11) is 0. The van der Waals surface area contributed by atoms with Crippen molar-refractivity contribution in [2.24, 2.45) is 0 Å². The number of nitrogens with one attached hydrogen (secondary N) is 1. The molecule has 2 fully saturated rings. The van der Waals surface area contributed by atoms with E-state index in [0.29, 0.717) is 6.61 Å². The Bertz CT molecular complexity index is 801. The fourth-order valence-corrected chi connectivity index (χ4v) is 3.65. The number of aliphatic hydroxyl groups excluding tert-OH is 1. The van der Waals surface area contributed by atoms with Gasteiger partial charge in [0.15, 0.2) is 12.6 Å². The number of amides is 1. The maximum atomic E-state index is 11.7. The van der Waals surface area contributed by atoms with Gasteiger partial charge in [-0.3, -0.25) is 4.79 Å². The molecule has 0 aliphatic carbocycles. The molecule has 2 aromatic rings. The molecule has 2 N–H and O–H groups in total. The van der Waals surface area contributed by atoms with E-state index in [-0.39, 0.29) is 12.5 Å². The minimum atomic E-state index is -1.01. The maximum Gasteiger partial charge on any atom is 0.217 e. The molecule has 2 aliphatic heterocycles. The Morgan fingerprint density at radius 1 is 1.10 bits per heavy atom. The predicted octanol–water partition coefficient (Wildman–Crippen LogP) is 1.91. The normalized spacial score (nSPS) is 31.7. The van der Waals surface area contributed by atoms with Gasteiger partial charge in [-0.25, -0.2) is 0 Å². The summed E-state index contributed by atoms with van der Waals surface area (Å²) in [5, 5.41) is 13.7. The maximum absolute atomic E-state index is 11.7. The lowest BCUT2D eigenvalue weighted by Crippen LogP contribution is -2.66. The molecule has 6 atom stereocenters. The second kappa shape index (κ2) is 9.02. The van der Waals surface area contributed by atoms with Crippen LogP contribution >= 0.6 is 0 Å². The average molecular weight is 399 g/mol. The molecule has 2 aromatic carbocycles. The van der Waals surface area contributed by atoms with Crippen molar-refractivity contribution in [3.05, 3.63) is 71.8 Å². The highest BCUT2D eigenvalue weighted by Gasteiger charge is 2.50. The van der Waals surface area contributed by atoms with E-state index in [1.807, 2.05) is 60.7 Å². The Kier molecular flexibility index (Phi) is 6.22. The molecule has 2 aliphatic rings. The summed E-state index contributed by atoms with van der Waals surface area (Å²) in [6.07, 6.45) is -3.59. The third-order valence-electron chi connectivity index (χ3n) is 5.06. The number of carbonyl (C=O) groups excluding carboxylic acids is 1. The molecule has 7 heteroatoms. The van der Waals surface area contributed by atoms with Crippen molar-refractivity contribution >= 4 is 5.91 Å². The first kappa shape index (κ1) is 20.0. The van der Waals surface area contributed by atoms with Crippen LogP contribution in [0.2, 0.25) is 0 Å². The van der Waals surface area contributed by atoms with Crippen LogP contribution in [0.5, 0.6) is 0 Å². The lowest BCUT2D eigenvalue weighted by Gasteiger charge is -2.47. The SMILES string of the molecule is CC(=O)N[C@H]1[C@@H](OCc2ccccc2)O[C@@H]2COC(c3ccccc3)O[C@H]2[C@@H]1O. The molecular weight excluding hydrogens is 374 g/mol. The Morgan fingerprint density at radius 3 is 2.48 bits per heavy atom. The fourth-order valence-electron chi connectivity index (χ4n) is 3.65. The van der Waals surface area contributed by atoms with E-state index in [1.54, 1.807) is 0 Å². The molecule has 0 radical (unpaired) electrons. The number of aliphatic hydroxyl groups is 1. The second-order valence-electron chi connectivity index (χ2n) is 7.23. The molecule has 0 bridgehead atoms. The molecule has 0 spiro atoms. The van der Waals surface area contributed by atoms with Gasteiger partial charge in [-0.2, -0.15) is 0 Å². The van der Waals surface area contributed by atoms with Gasteiger partial charge in [-0.15, -0.1) is 0 Å². The van der Waals surface area contributed by atoms with E-state index in [4.69, 9.17) is 18.9 Å². The summed E-state index contributed by atoms with van der Waals surface area (Å²) in [4.78, 5) is 11.7. The Hall–Kier alpha value is -2.29. The second-order valence-corrected chi connectivity index (χ2v) is 7.23. The molecule has 154 valence electrons. The molecular formula is C22H25NO6. The van der Waals surface area contributed by atoms with Crippen molar-refractivity contribution < 1.29 is 28.8 Å². The first-order valence-corrected chi connectivity index (χ1v) is 9.70. The van der Waals surface area contributed by atoms with Gasteiger partial charge in [0, 0.05) is 12.5 Å². The van der Waals surface area contributed by atoms with E-state index in [2.05, 4.69) is 5.32 Å². The summed E-state index contributed by atoms with van der Waals surface area (Å²) in [6.45, 7) is 1.93. The van der Waals surface area contributed by atoms with Crippen LogP contribution < -0.4 is 5.32 Å². The quantitative estimate of drug-likeness (QED) is 0.799. The third-order valence-corrected chi connectivity index (χ3v) is 5.06. The Balaban J connectivity index is 1.48. The van der Waals surface area contributed by atoms with E-state index in [9.17, 15) is 9.90 Å². The van der Waals surface area contributed by atoms with Gasteiger partial charge < -0.3 is 29.4 Å². The largest absolute Gasteiger partial charge is 0.388 e. The molecule has 0 saturated carbocycles. The molecule has 2 saturated heterocycles. The van der Waals surface area contributed by atoms with Gasteiger partial charge >= 0.3 is 0 Å². The number of carbonyl (C=O) groups is 1. The highest BCUT2D eigenvalue weighted by Crippen LogP contribution is 2.34. The molecule has 7 nitrogen and oxygen atoms in total. The number of rotatable bonds is 5. The van der Waals surface area contributed by atoms with Gasteiger partial charge in [-0.1, -0.05) is 60.7 Å². The van der Waals surface area contributed by atoms with Crippen molar-refractivity contribution in [2.75, 3.05) is 6.61 Å². The fraction of sp³-hybridized carbons (Fsp3) is 0.409. The third kappa shape index (κ3) is 4.66. The van der Waals surface area contributed by atoms with Gasteiger partial charge in [0.2, 0.25) is 5.91 Å². The molecule has 4 rings (SSSR count). The summed E-state index contributed by atoms with van der Waals surface area (Å²) < 4.78 is 23.8. The number of benzene rings is 2. The standard InChI is InChI=1S/C22H25NO6/c1-14(24)23-18-19(25)20-17(13-27-21(29-20)16-10-6-3-7-11-16)28-22(18)26-12-15-8-4-2-5-9-15/h2-11,17-22,25H,12-13H2,1H3,(H,23,24)/t17-,18-,19-,20-,21?,22+/m1/s1. The summed E-state index contributed by atoms with van der Waals surface area (Å²) in [5.41, 5.74) is 1.83. The van der Waals surface area contributed by atoms with Gasteiger partial charge in [-0.05, 0) is 5.56 Å². The van der Waals surface area contributed by atoms with Crippen LogP contribution in [-0.4, -0.2) is 48.3 Å². The number of fused-ring (bicyclic) bond motifs is 1. The van der Waals surface area contributed by atoms with Crippen LogP contribution in [0.1, 0.15) is 24.3 Å². The first-order valence-electron chi connectivity index (χ1n) is 9.70. The zero-order valence-corrected chi connectivity index (χ0v) is 16.1. The van der Waals surface area contributed by atoms with Crippen molar-refractivity contribution in [3.8, 4) is 0 Å². The topological polar surface area (TPSA) is 86.3 Å².